The molecule has 0 heterocycles. The smallest absolute Gasteiger partial charge is 0.150 e. The van der Waals surface area contributed by atoms with Gasteiger partial charge in [-0.05, 0) is 31.4 Å². The quantitative estimate of drug-likeness (QED) is 0.814. The van der Waals surface area contributed by atoms with Gasteiger partial charge in [-0.25, -0.2) is 8.42 Å². The molecule has 2 rings (SSSR count). The summed E-state index contributed by atoms with van der Waals surface area (Å²) in [7, 11) is -2.93. The number of nitrogens with one attached hydrogen (secondary N) is 1. The van der Waals surface area contributed by atoms with Crippen molar-refractivity contribution in [1.82, 2.24) is 5.32 Å². The Morgan fingerprint density at radius 3 is 2.81 bits per heavy atom. The van der Waals surface area contributed by atoms with E-state index in [2.05, 4.69) is 5.32 Å². The summed E-state index contributed by atoms with van der Waals surface area (Å²) >= 11 is 6.01. The second-order valence-corrected chi connectivity index (χ2v) is 8.28. The molecule has 1 saturated carbocycles. The summed E-state index contributed by atoms with van der Waals surface area (Å²) in [6.45, 7) is 1.20. The van der Waals surface area contributed by atoms with Crippen molar-refractivity contribution in [2.75, 3.05) is 19.4 Å². The van der Waals surface area contributed by atoms with Crippen molar-refractivity contribution >= 4 is 21.4 Å². The molecule has 0 aliphatic heterocycles. The van der Waals surface area contributed by atoms with Gasteiger partial charge in [-0.2, -0.15) is 0 Å². The highest BCUT2D eigenvalue weighted by Gasteiger charge is 2.28. The van der Waals surface area contributed by atoms with Gasteiger partial charge in [0.1, 0.15) is 22.2 Å². The summed E-state index contributed by atoms with van der Waals surface area (Å²) in [5, 5.41) is 3.78. The highest BCUT2D eigenvalue weighted by atomic mass is 35.5. The van der Waals surface area contributed by atoms with E-state index in [1.165, 1.54) is 6.26 Å². The molecule has 1 aromatic rings. The fourth-order valence-electron chi connectivity index (χ4n) is 2.71. The predicted octanol–water partition coefficient (Wildman–Crippen LogP) is 2.66. The van der Waals surface area contributed by atoms with Crippen molar-refractivity contribution in [3.05, 3.63) is 29.3 Å². The van der Waals surface area contributed by atoms with E-state index in [0.717, 1.165) is 19.3 Å². The molecule has 0 radical (unpaired) electrons. The third-order valence-corrected chi connectivity index (χ3v) is 5.81. The first-order valence-corrected chi connectivity index (χ1v) is 9.59. The van der Waals surface area contributed by atoms with Gasteiger partial charge >= 0.3 is 0 Å². The van der Waals surface area contributed by atoms with Crippen LogP contribution in [0.1, 0.15) is 25.7 Å². The third kappa shape index (κ3) is 5.16. The number of sulfone groups is 1. The molecule has 0 amide bonds. The lowest BCUT2D eigenvalue weighted by atomic mass is 9.95. The number of hydrogen-bond acceptors (Lipinski definition) is 4. The Labute approximate surface area is 131 Å². The molecule has 0 aromatic heterocycles. The van der Waals surface area contributed by atoms with E-state index < -0.39 is 9.84 Å². The van der Waals surface area contributed by atoms with Gasteiger partial charge in [0.2, 0.25) is 0 Å². The molecule has 1 N–H and O–H groups in total. The highest BCUT2D eigenvalue weighted by molar-refractivity contribution is 7.91. The van der Waals surface area contributed by atoms with Gasteiger partial charge in [0, 0.05) is 18.8 Å². The van der Waals surface area contributed by atoms with Crippen LogP contribution in [0.4, 0.5) is 0 Å². The number of ether oxygens (including phenoxy) is 1. The standard InChI is InChI=1S/C15H22ClNO3S/c1-21(18,19)13-6-4-5-12(11-13)17-9-10-20-15-8-3-2-7-14(15)16/h2-3,7-8,12-13,17H,4-6,9-11H2,1H3. The minimum absolute atomic E-state index is 0.201. The van der Waals surface area contributed by atoms with Crippen LogP contribution >= 0.6 is 11.6 Å². The Kier molecular flexibility index (Phi) is 5.90. The minimum Gasteiger partial charge on any atom is -0.491 e. The van der Waals surface area contributed by atoms with Crippen molar-refractivity contribution in [2.45, 2.75) is 37.0 Å². The maximum absolute atomic E-state index is 11.6. The predicted molar refractivity (Wildman–Crippen MR) is 85.8 cm³/mol. The second-order valence-electron chi connectivity index (χ2n) is 5.55. The molecule has 6 heteroatoms. The zero-order valence-corrected chi connectivity index (χ0v) is 13.8. The zero-order chi connectivity index (χ0) is 15.3. The van der Waals surface area contributed by atoms with Crippen LogP contribution in [0.25, 0.3) is 0 Å². The summed E-state index contributed by atoms with van der Waals surface area (Å²) in [6.07, 6.45) is 4.80. The highest BCUT2D eigenvalue weighted by Crippen LogP contribution is 2.24. The van der Waals surface area contributed by atoms with Crippen LogP contribution in [0.5, 0.6) is 5.75 Å². The van der Waals surface area contributed by atoms with E-state index >= 15 is 0 Å². The molecule has 1 fully saturated rings. The summed E-state index contributed by atoms with van der Waals surface area (Å²) in [5.74, 6) is 0.679. The first-order chi connectivity index (χ1) is 9.97. The van der Waals surface area contributed by atoms with Gasteiger partial charge in [0.25, 0.3) is 0 Å². The van der Waals surface area contributed by atoms with Gasteiger partial charge in [-0.1, -0.05) is 30.2 Å². The Balaban J connectivity index is 1.73. The number of benzene rings is 1. The monoisotopic (exact) mass is 331 g/mol. The molecule has 1 aromatic carbocycles. The van der Waals surface area contributed by atoms with Crippen LogP contribution in [0.3, 0.4) is 0 Å². The first kappa shape index (κ1) is 16.6. The molecular weight excluding hydrogens is 310 g/mol. The van der Waals surface area contributed by atoms with E-state index in [0.29, 0.717) is 30.3 Å². The molecule has 0 bridgehead atoms. The van der Waals surface area contributed by atoms with E-state index in [1.807, 2.05) is 18.2 Å². The number of para-hydroxylation sites is 1. The van der Waals surface area contributed by atoms with Crippen molar-refractivity contribution in [2.24, 2.45) is 0 Å². The third-order valence-electron chi connectivity index (χ3n) is 3.86. The first-order valence-electron chi connectivity index (χ1n) is 7.26. The second kappa shape index (κ2) is 7.47. The average molecular weight is 332 g/mol. The maximum atomic E-state index is 11.6. The molecule has 0 spiro atoms. The maximum Gasteiger partial charge on any atom is 0.150 e. The molecule has 1 aliphatic carbocycles. The SMILES string of the molecule is CS(=O)(=O)C1CCCC(NCCOc2ccccc2Cl)C1. The number of rotatable bonds is 6. The minimum atomic E-state index is -2.93. The summed E-state index contributed by atoms with van der Waals surface area (Å²) < 4.78 is 28.8. The van der Waals surface area contributed by atoms with Gasteiger partial charge in [0.15, 0.2) is 0 Å². The van der Waals surface area contributed by atoms with Crippen LogP contribution in [0.15, 0.2) is 24.3 Å². The van der Waals surface area contributed by atoms with Crippen molar-refractivity contribution in [3.8, 4) is 5.75 Å². The van der Waals surface area contributed by atoms with Gasteiger partial charge in [0.05, 0.1) is 10.3 Å². The normalized spacial score (nSPS) is 23.0. The lowest BCUT2D eigenvalue weighted by Gasteiger charge is -2.28. The van der Waals surface area contributed by atoms with E-state index in [9.17, 15) is 8.42 Å². The van der Waals surface area contributed by atoms with Crippen LogP contribution < -0.4 is 10.1 Å². The Bertz CT molecular complexity index is 562. The molecule has 2 atom stereocenters. The van der Waals surface area contributed by atoms with E-state index in [1.54, 1.807) is 6.07 Å². The van der Waals surface area contributed by atoms with Gasteiger partial charge in [-0.15, -0.1) is 0 Å². The lowest BCUT2D eigenvalue weighted by molar-refractivity contribution is 0.290. The fraction of sp³-hybridized carbons (Fsp3) is 0.600. The Morgan fingerprint density at radius 2 is 2.10 bits per heavy atom. The Morgan fingerprint density at radius 1 is 1.33 bits per heavy atom. The topological polar surface area (TPSA) is 55.4 Å². The molecule has 1 aliphatic rings. The van der Waals surface area contributed by atoms with Crippen molar-refractivity contribution in [3.63, 3.8) is 0 Å². The zero-order valence-electron chi connectivity index (χ0n) is 12.2. The summed E-state index contributed by atoms with van der Waals surface area (Å²) in [6, 6.07) is 7.63. The number of halogens is 1. The van der Waals surface area contributed by atoms with Gasteiger partial charge < -0.3 is 10.1 Å². The largest absolute Gasteiger partial charge is 0.491 e. The molecular formula is C15H22ClNO3S. The Hall–Kier alpha value is -0.780. The van der Waals surface area contributed by atoms with Crippen LogP contribution in [0.2, 0.25) is 5.02 Å². The summed E-state index contributed by atoms with van der Waals surface area (Å²) in [5.41, 5.74) is 0. The van der Waals surface area contributed by atoms with E-state index in [-0.39, 0.29) is 11.3 Å². The fourth-order valence-corrected chi connectivity index (χ4v) is 4.07. The average Bonchev–Trinajstić information content (AvgIpc) is 2.45. The van der Waals surface area contributed by atoms with Gasteiger partial charge in [-0.3, -0.25) is 0 Å². The number of hydrogen-bond donors (Lipinski definition) is 1. The molecule has 21 heavy (non-hydrogen) atoms. The molecule has 118 valence electrons. The van der Waals surface area contributed by atoms with Crippen LogP contribution in [-0.2, 0) is 9.84 Å². The van der Waals surface area contributed by atoms with Crippen molar-refractivity contribution in [1.29, 1.82) is 0 Å². The molecule has 2 unspecified atom stereocenters. The van der Waals surface area contributed by atoms with E-state index in [4.69, 9.17) is 16.3 Å². The molecule has 0 saturated heterocycles. The molecule has 4 nitrogen and oxygen atoms in total. The summed E-state index contributed by atoms with van der Waals surface area (Å²) in [4.78, 5) is 0. The lowest BCUT2D eigenvalue weighted by Crippen LogP contribution is -2.40. The van der Waals surface area contributed by atoms with Crippen LogP contribution in [-0.4, -0.2) is 39.1 Å². The van der Waals surface area contributed by atoms with Crippen molar-refractivity contribution < 1.29 is 13.2 Å². The van der Waals surface area contributed by atoms with Crippen LogP contribution in [0, 0.1) is 0 Å².